The van der Waals surface area contributed by atoms with E-state index in [-0.39, 0.29) is 17.9 Å². The number of hydrogen-bond acceptors (Lipinski definition) is 4. The SMILES string of the molecule is CC1(C)N2c3cccc4c3N(c3cccc(c32)N1C12CC3CC(CC(C3)C1)C2)c1c(oc2ccccc12)B4c1ccccc1. The summed E-state index contributed by atoms with van der Waals surface area (Å²) in [4.78, 5) is 8.23. The van der Waals surface area contributed by atoms with Crippen LogP contribution in [0.5, 0.6) is 0 Å². The van der Waals surface area contributed by atoms with Crippen molar-refractivity contribution in [3.63, 3.8) is 0 Å². The molecule has 4 fully saturated rings. The van der Waals surface area contributed by atoms with Gasteiger partial charge in [0.25, 0.3) is 6.71 Å². The molecule has 4 aromatic carbocycles. The molecule has 0 N–H and O–H groups in total. The molecule has 4 bridgehead atoms. The zero-order chi connectivity index (χ0) is 28.9. The highest BCUT2D eigenvalue weighted by atomic mass is 16.3. The molecule has 4 aliphatic carbocycles. The van der Waals surface area contributed by atoms with Gasteiger partial charge in [-0.15, -0.1) is 0 Å². The number of hydrogen-bond donors (Lipinski definition) is 0. The van der Waals surface area contributed by atoms with Gasteiger partial charge in [-0.1, -0.05) is 66.1 Å². The van der Waals surface area contributed by atoms with E-state index in [9.17, 15) is 0 Å². The van der Waals surface area contributed by atoms with Gasteiger partial charge in [0, 0.05) is 10.9 Å². The summed E-state index contributed by atoms with van der Waals surface area (Å²) < 4.78 is 6.86. The molecule has 0 atom stereocenters. The second-order valence-corrected chi connectivity index (χ2v) is 15.2. The molecule has 3 aliphatic heterocycles. The van der Waals surface area contributed by atoms with E-state index in [4.69, 9.17) is 4.42 Å². The largest absolute Gasteiger partial charge is 0.468 e. The lowest BCUT2D eigenvalue weighted by Gasteiger charge is -2.63. The van der Waals surface area contributed by atoms with E-state index in [2.05, 4.69) is 120 Å². The Morgan fingerprint density at radius 1 is 0.659 bits per heavy atom. The first-order valence-corrected chi connectivity index (χ1v) is 16.7. The van der Waals surface area contributed by atoms with Crippen LogP contribution in [0, 0.1) is 17.8 Å². The highest BCUT2D eigenvalue weighted by Gasteiger charge is 2.61. The third-order valence-corrected chi connectivity index (χ3v) is 12.3. The first-order chi connectivity index (χ1) is 21.5. The van der Waals surface area contributed by atoms with Crippen LogP contribution in [0.25, 0.3) is 11.0 Å². The Morgan fingerprint density at radius 3 is 2.09 bits per heavy atom. The predicted molar refractivity (Wildman–Crippen MR) is 182 cm³/mol. The lowest BCUT2D eigenvalue weighted by molar-refractivity contribution is -0.0112. The van der Waals surface area contributed by atoms with Crippen molar-refractivity contribution in [1.82, 2.24) is 0 Å². The van der Waals surface area contributed by atoms with Gasteiger partial charge in [-0.25, -0.2) is 0 Å². The minimum Gasteiger partial charge on any atom is -0.468 e. The average molecular weight is 574 g/mol. The van der Waals surface area contributed by atoms with Gasteiger partial charge < -0.3 is 19.1 Å². The fourth-order valence-corrected chi connectivity index (χ4v) is 11.5. The second-order valence-electron chi connectivity index (χ2n) is 15.2. The summed E-state index contributed by atoms with van der Waals surface area (Å²) >= 11 is 0. The Morgan fingerprint density at radius 2 is 1.32 bits per heavy atom. The summed E-state index contributed by atoms with van der Waals surface area (Å²) in [6.45, 7) is 5.03. The quantitative estimate of drug-likeness (QED) is 0.198. The van der Waals surface area contributed by atoms with Gasteiger partial charge in [0.05, 0.1) is 39.8 Å². The van der Waals surface area contributed by atoms with Crippen molar-refractivity contribution in [3.05, 3.63) is 91.0 Å². The molecule has 44 heavy (non-hydrogen) atoms. The van der Waals surface area contributed by atoms with Crippen LogP contribution in [0.1, 0.15) is 52.4 Å². The maximum absolute atomic E-state index is 6.86. The highest BCUT2D eigenvalue weighted by Crippen LogP contribution is 2.67. The van der Waals surface area contributed by atoms with Crippen LogP contribution in [0.3, 0.4) is 0 Å². The number of nitrogens with zero attached hydrogens (tertiary/aromatic N) is 3. The number of rotatable bonds is 2. The van der Waals surface area contributed by atoms with E-state index >= 15 is 0 Å². The monoisotopic (exact) mass is 573 g/mol. The van der Waals surface area contributed by atoms with E-state index in [0.717, 1.165) is 29.0 Å². The van der Waals surface area contributed by atoms with Gasteiger partial charge >= 0.3 is 0 Å². The van der Waals surface area contributed by atoms with E-state index in [0.29, 0.717) is 0 Å². The lowest BCUT2D eigenvalue weighted by Crippen LogP contribution is -2.67. The van der Waals surface area contributed by atoms with Crippen molar-refractivity contribution in [1.29, 1.82) is 0 Å². The third-order valence-electron chi connectivity index (χ3n) is 12.3. The molecule has 12 rings (SSSR count). The molecule has 5 heteroatoms. The van der Waals surface area contributed by atoms with Gasteiger partial charge in [-0.05, 0) is 106 Å². The molecule has 0 spiro atoms. The van der Waals surface area contributed by atoms with Crippen LogP contribution in [0.2, 0.25) is 0 Å². The fourth-order valence-electron chi connectivity index (χ4n) is 11.5. The Hall–Kier alpha value is -4.12. The number of para-hydroxylation sites is 3. The van der Waals surface area contributed by atoms with E-state index in [1.165, 1.54) is 89.0 Å². The molecule has 4 heterocycles. The summed E-state index contributed by atoms with van der Waals surface area (Å²) in [6.07, 6.45) is 8.43. The molecule has 216 valence electrons. The van der Waals surface area contributed by atoms with Crippen molar-refractivity contribution >= 4 is 68.4 Å². The molecule has 5 aromatic rings. The first kappa shape index (κ1) is 24.2. The number of furan rings is 1. The lowest BCUT2D eigenvalue weighted by atomic mass is 9.37. The molecule has 4 nitrogen and oxygen atoms in total. The number of benzene rings is 4. The van der Waals surface area contributed by atoms with Crippen LogP contribution >= 0.6 is 0 Å². The predicted octanol–water partition coefficient (Wildman–Crippen LogP) is 7.71. The van der Waals surface area contributed by atoms with Crippen molar-refractivity contribution in [3.8, 4) is 0 Å². The van der Waals surface area contributed by atoms with E-state index in [1.54, 1.807) is 0 Å². The van der Waals surface area contributed by atoms with Crippen LogP contribution in [-0.2, 0) is 0 Å². The Kier molecular flexibility index (Phi) is 4.37. The summed E-state index contributed by atoms with van der Waals surface area (Å²) in [5.41, 5.74) is 12.5. The Bertz CT molecular complexity index is 1990. The minimum atomic E-state index is -0.188. The second kappa shape index (κ2) is 7.93. The maximum atomic E-state index is 6.86. The van der Waals surface area contributed by atoms with Gasteiger partial charge in [-0.3, -0.25) is 0 Å². The Labute approximate surface area is 259 Å². The van der Waals surface area contributed by atoms with Crippen molar-refractivity contribution in [2.24, 2.45) is 17.8 Å². The Balaban J connectivity index is 1.21. The standard InChI is InChI=1S/C39H36BN3O/c1-38(2)42-31-15-8-13-29-35(31)41(34-28-12-6-7-17-33(28)44-37(34)40(29)27-10-4-3-5-11-27)30-14-9-16-32(36(30)42)43(38)39-21-24-18-25(22-39)20-26(19-24)23-39/h3-17,24-26H,18-23H2,1-2H3. The highest BCUT2D eigenvalue weighted by molar-refractivity contribution is 6.97. The zero-order valence-electron chi connectivity index (χ0n) is 25.5. The van der Waals surface area contributed by atoms with Gasteiger partial charge in [0.2, 0.25) is 0 Å². The third kappa shape index (κ3) is 2.79. The molecule has 7 aliphatic rings. The molecule has 0 radical (unpaired) electrons. The smallest absolute Gasteiger partial charge is 0.292 e. The molecule has 0 saturated heterocycles. The van der Waals surface area contributed by atoms with Gasteiger partial charge in [-0.2, -0.15) is 0 Å². The fraction of sp³-hybridized carbons (Fsp3) is 0.333. The molecule has 4 saturated carbocycles. The number of fused-ring (bicyclic) bond motifs is 6. The van der Waals surface area contributed by atoms with Crippen LogP contribution in [-0.4, -0.2) is 17.9 Å². The summed E-state index contributed by atoms with van der Waals surface area (Å²) in [6, 6.07) is 33.7. The number of anilines is 6. The molecular weight excluding hydrogens is 537 g/mol. The topological polar surface area (TPSA) is 22.9 Å². The first-order valence-electron chi connectivity index (χ1n) is 16.7. The van der Waals surface area contributed by atoms with Crippen LogP contribution < -0.4 is 31.3 Å². The molecular formula is C39H36BN3O. The van der Waals surface area contributed by atoms with Gasteiger partial charge in [0.1, 0.15) is 11.2 Å². The minimum absolute atomic E-state index is 0.0273. The summed E-state index contributed by atoms with van der Waals surface area (Å²) in [7, 11) is 0. The molecule has 0 unspecified atom stereocenters. The normalized spacial score (nSPS) is 28.0. The summed E-state index contributed by atoms with van der Waals surface area (Å²) in [5, 5.41) is 1.19. The zero-order valence-corrected chi connectivity index (χ0v) is 25.5. The van der Waals surface area contributed by atoms with E-state index in [1.807, 2.05) is 0 Å². The molecule has 1 aromatic heterocycles. The van der Waals surface area contributed by atoms with Crippen molar-refractivity contribution < 1.29 is 4.42 Å². The molecule has 0 amide bonds. The van der Waals surface area contributed by atoms with E-state index < -0.39 is 0 Å². The van der Waals surface area contributed by atoms with Gasteiger partial charge in [0.15, 0.2) is 0 Å². The summed E-state index contributed by atoms with van der Waals surface area (Å²) in [5.74, 6) is 2.69. The van der Waals surface area contributed by atoms with Crippen LogP contribution in [0.4, 0.5) is 34.1 Å². The van der Waals surface area contributed by atoms with Crippen LogP contribution in [0.15, 0.2) is 95.4 Å². The maximum Gasteiger partial charge on any atom is 0.292 e. The van der Waals surface area contributed by atoms with Crippen molar-refractivity contribution in [2.75, 3.05) is 14.7 Å². The average Bonchev–Trinajstić information content (AvgIpc) is 3.51. The van der Waals surface area contributed by atoms with Crippen molar-refractivity contribution in [2.45, 2.75) is 63.6 Å².